The summed E-state index contributed by atoms with van der Waals surface area (Å²) in [6.45, 7) is 4.12. The summed E-state index contributed by atoms with van der Waals surface area (Å²) in [5.74, 6) is -0.330. The molecule has 0 aromatic rings. The molecule has 0 aliphatic carbocycles. The van der Waals surface area contributed by atoms with Crippen molar-refractivity contribution in [3.8, 4) is 0 Å². The number of nitrogens with one attached hydrogen (secondary N) is 1. The van der Waals surface area contributed by atoms with Gasteiger partial charge in [0.15, 0.2) is 0 Å². The molecule has 5 nitrogen and oxygen atoms in total. The summed E-state index contributed by atoms with van der Waals surface area (Å²) in [6.07, 6.45) is 48.7. The Bertz CT molecular complexity index is 764. The summed E-state index contributed by atoms with van der Waals surface area (Å²) in [5.41, 5.74) is 0. The maximum Gasteiger partial charge on any atom is 0.222 e. The van der Waals surface area contributed by atoms with Gasteiger partial charge in [0.1, 0.15) is 0 Å². The Labute approximate surface area is 304 Å². The molecule has 288 valence electrons. The van der Waals surface area contributed by atoms with Crippen molar-refractivity contribution in [3.63, 3.8) is 0 Å². The van der Waals surface area contributed by atoms with Crippen LogP contribution in [0.25, 0.3) is 0 Å². The SMILES string of the molecule is CCC/C=C/CC/C=C/CC/C=C/C(O)C(CO)NC(=O)CC(O)CCCCCCCCCCCCCCCCCCCCCCCCC. The van der Waals surface area contributed by atoms with E-state index in [-0.39, 0.29) is 18.9 Å². The molecule has 0 aliphatic heterocycles. The van der Waals surface area contributed by atoms with Crippen molar-refractivity contribution in [2.24, 2.45) is 0 Å². The lowest BCUT2D eigenvalue weighted by molar-refractivity contribution is -0.124. The van der Waals surface area contributed by atoms with Crippen LogP contribution in [0.2, 0.25) is 0 Å². The lowest BCUT2D eigenvalue weighted by atomic mass is 10.0. The van der Waals surface area contributed by atoms with E-state index in [0.717, 1.165) is 44.9 Å². The number of carbonyl (C=O) groups excluding carboxylic acids is 1. The Morgan fingerprint density at radius 1 is 0.510 bits per heavy atom. The highest BCUT2D eigenvalue weighted by Gasteiger charge is 2.20. The first-order valence-electron chi connectivity index (χ1n) is 21.3. The van der Waals surface area contributed by atoms with E-state index in [2.05, 4.69) is 43.5 Å². The lowest BCUT2D eigenvalue weighted by Gasteiger charge is -2.21. The van der Waals surface area contributed by atoms with E-state index in [0.29, 0.717) is 6.42 Å². The van der Waals surface area contributed by atoms with Gasteiger partial charge in [-0.3, -0.25) is 4.79 Å². The molecule has 0 saturated heterocycles. The van der Waals surface area contributed by atoms with E-state index in [1.807, 2.05) is 6.08 Å². The predicted octanol–water partition coefficient (Wildman–Crippen LogP) is 12.0. The van der Waals surface area contributed by atoms with Crippen LogP contribution in [-0.2, 0) is 4.79 Å². The summed E-state index contributed by atoms with van der Waals surface area (Å²) < 4.78 is 0. The van der Waals surface area contributed by atoms with Gasteiger partial charge in [-0.15, -0.1) is 0 Å². The van der Waals surface area contributed by atoms with Crippen molar-refractivity contribution in [1.29, 1.82) is 0 Å². The molecule has 0 aromatic heterocycles. The van der Waals surface area contributed by atoms with Crippen LogP contribution >= 0.6 is 0 Å². The van der Waals surface area contributed by atoms with Gasteiger partial charge in [-0.1, -0.05) is 204 Å². The number of allylic oxidation sites excluding steroid dienone is 5. The zero-order chi connectivity index (χ0) is 35.9. The average molecular weight is 690 g/mol. The first-order valence-corrected chi connectivity index (χ1v) is 21.3. The Balaban J connectivity index is 3.61. The van der Waals surface area contributed by atoms with E-state index in [1.165, 1.54) is 141 Å². The lowest BCUT2D eigenvalue weighted by Crippen LogP contribution is -2.45. The molecule has 0 aliphatic rings. The maximum absolute atomic E-state index is 12.4. The fourth-order valence-electron chi connectivity index (χ4n) is 6.38. The molecule has 0 bridgehead atoms. The summed E-state index contributed by atoms with van der Waals surface area (Å²) in [7, 11) is 0. The zero-order valence-corrected chi connectivity index (χ0v) is 32.6. The Hall–Kier alpha value is -1.43. The molecule has 3 atom stereocenters. The number of rotatable bonds is 38. The largest absolute Gasteiger partial charge is 0.394 e. The van der Waals surface area contributed by atoms with Gasteiger partial charge >= 0.3 is 0 Å². The molecule has 0 fully saturated rings. The molecule has 0 saturated carbocycles. The minimum Gasteiger partial charge on any atom is -0.394 e. The van der Waals surface area contributed by atoms with E-state index in [1.54, 1.807) is 6.08 Å². The Morgan fingerprint density at radius 2 is 0.878 bits per heavy atom. The van der Waals surface area contributed by atoms with Crippen molar-refractivity contribution >= 4 is 5.91 Å². The van der Waals surface area contributed by atoms with Crippen LogP contribution in [0.1, 0.15) is 213 Å². The number of unbranched alkanes of at least 4 members (excludes halogenated alkanes) is 25. The minimum atomic E-state index is -0.956. The van der Waals surface area contributed by atoms with Gasteiger partial charge in [0, 0.05) is 0 Å². The maximum atomic E-state index is 12.4. The highest BCUT2D eigenvalue weighted by atomic mass is 16.3. The molecule has 1 amide bonds. The average Bonchev–Trinajstić information content (AvgIpc) is 3.09. The molecule has 3 unspecified atom stereocenters. The van der Waals surface area contributed by atoms with E-state index >= 15 is 0 Å². The monoisotopic (exact) mass is 690 g/mol. The number of aliphatic hydroxyl groups excluding tert-OH is 3. The number of hydrogen-bond donors (Lipinski definition) is 4. The molecular weight excluding hydrogens is 606 g/mol. The van der Waals surface area contributed by atoms with Crippen LogP contribution in [0.4, 0.5) is 0 Å². The summed E-state index contributed by atoms with van der Waals surface area (Å²) in [5, 5.41) is 33.1. The van der Waals surface area contributed by atoms with E-state index in [9.17, 15) is 20.1 Å². The van der Waals surface area contributed by atoms with Gasteiger partial charge in [-0.25, -0.2) is 0 Å². The van der Waals surface area contributed by atoms with Crippen LogP contribution in [-0.4, -0.2) is 46.1 Å². The fraction of sp³-hybridized carbons (Fsp3) is 0.841. The molecule has 5 heteroatoms. The van der Waals surface area contributed by atoms with Gasteiger partial charge in [0.05, 0.1) is 31.3 Å². The quantitative estimate of drug-likeness (QED) is 0.0384. The Kier molecular flexibility index (Phi) is 38.2. The van der Waals surface area contributed by atoms with Gasteiger partial charge < -0.3 is 20.6 Å². The molecule has 4 N–H and O–H groups in total. The summed E-state index contributed by atoms with van der Waals surface area (Å²) in [4.78, 5) is 12.4. The smallest absolute Gasteiger partial charge is 0.222 e. The van der Waals surface area contributed by atoms with Crippen molar-refractivity contribution in [2.45, 2.75) is 231 Å². The van der Waals surface area contributed by atoms with Gasteiger partial charge in [0.2, 0.25) is 5.91 Å². The van der Waals surface area contributed by atoms with Crippen LogP contribution in [0.5, 0.6) is 0 Å². The van der Waals surface area contributed by atoms with Crippen LogP contribution < -0.4 is 5.32 Å². The van der Waals surface area contributed by atoms with Gasteiger partial charge in [-0.05, 0) is 38.5 Å². The zero-order valence-electron chi connectivity index (χ0n) is 32.6. The van der Waals surface area contributed by atoms with E-state index < -0.39 is 18.2 Å². The topological polar surface area (TPSA) is 89.8 Å². The fourth-order valence-corrected chi connectivity index (χ4v) is 6.38. The molecule has 0 spiro atoms. The summed E-state index contributed by atoms with van der Waals surface area (Å²) >= 11 is 0. The second kappa shape index (κ2) is 39.4. The molecule has 0 radical (unpaired) electrons. The third-order valence-corrected chi connectivity index (χ3v) is 9.64. The number of aliphatic hydroxyl groups is 3. The van der Waals surface area contributed by atoms with Crippen molar-refractivity contribution < 1.29 is 20.1 Å². The van der Waals surface area contributed by atoms with Crippen LogP contribution in [0.15, 0.2) is 36.5 Å². The highest BCUT2D eigenvalue weighted by molar-refractivity contribution is 5.76. The first kappa shape index (κ1) is 47.6. The van der Waals surface area contributed by atoms with Gasteiger partial charge in [-0.2, -0.15) is 0 Å². The molecule has 0 rings (SSSR count). The van der Waals surface area contributed by atoms with Crippen molar-refractivity contribution in [1.82, 2.24) is 5.32 Å². The summed E-state index contributed by atoms with van der Waals surface area (Å²) in [6, 6.07) is -0.763. The third kappa shape index (κ3) is 36.2. The molecule has 0 heterocycles. The predicted molar refractivity (Wildman–Crippen MR) is 213 cm³/mol. The second-order valence-electron chi connectivity index (χ2n) is 14.6. The number of carbonyl (C=O) groups is 1. The highest BCUT2D eigenvalue weighted by Crippen LogP contribution is 2.16. The third-order valence-electron chi connectivity index (χ3n) is 9.64. The number of hydrogen-bond acceptors (Lipinski definition) is 4. The minimum absolute atomic E-state index is 0.00463. The first-order chi connectivity index (χ1) is 24.0. The normalized spacial score (nSPS) is 14.0. The van der Waals surface area contributed by atoms with Crippen LogP contribution in [0, 0.1) is 0 Å². The second-order valence-corrected chi connectivity index (χ2v) is 14.6. The molecular formula is C44H83NO4. The van der Waals surface area contributed by atoms with Crippen LogP contribution in [0.3, 0.4) is 0 Å². The van der Waals surface area contributed by atoms with Crippen molar-refractivity contribution in [2.75, 3.05) is 6.61 Å². The van der Waals surface area contributed by atoms with E-state index in [4.69, 9.17) is 0 Å². The molecule has 49 heavy (non-hydrogen) atoms. The van der Waals surface area contributed by atoms with Crippen molar-refractivity contribution in [3.05, 3.63) is 36.5 Å². The Morgan fingerprint density at radius 3 is 1.27 bits per heavy atom. The molecule has 0 aromatic carbocycles. The number of amides is 1. The van der Waals surface area contributed by atoms with Gasteiger partial charge in [0.25, 0.3) is 0 Å². The standard InChI is InChI=1S/C44H83NO4/c1-3-5-7-9-11-13-15-16-17-18-19-20-21-22-23-24-25-26-28-29-31-33-35-37-41(47)39-44(49)45-42(40-46)43(48)38-36-34-32-30-27-14-12-10-8-6-4-2/h8,10,27,30,36,38,41-43,46-48H,3-7,9,11-26,28-29,31-35,37,39-40H2,1-2H3,(H,45,49)/b10-8+,30-27+,38-36+.